The fourth-order valence-corrected chi connectivity index (χ4v) is 15.6. The van der Waals surface area contributed by atoms with E-state index in [4.69, 9.17) is 18.8 Å². The molecule has 0 aliphatic rings. The van der Waals surface area contributed by atoms with Gasteiger partial charge in [0, 0.05) is 45.1 Å². The van der Waals surface area contributed by atoms with E-state index in [1.807, 2.05) is 42.7 Å². The molecule has 4 nitrogen and oxygen atoms in total. The maximum Gasteiger partial charge on any atom is 0.161 e. The van der Waals surface area contributed by atoms with Crippen molar-refractivity contribution < 1.29 is 8.83 Å². The Morgan fingerprint density at radius 1 is 0.177 bits per heavy atom. The van der Waals surface area contributed by atoms with Crippen LogP contribution in [-0.4, -0.2) is 9.97 Å². The summed E-state index contributed by atoms with van der Waals surface area (Å²) >= 11 is 0. The molecule has 4 heteroatoms. The second-order valence-corrected chi connectivity index (χ2v) is 25.4. The minimum atomic E-state index is 0.796. The molecule has 0 N–H and O–H groups in total. The molecule has 96 heavy (non-hydrogen) atoms. The summed E-state index contributed by atoms with van der Waals surface area (Å²) in [5.41, 5.74) is 21.2. The number of hydrogen-bond donors (Lipinski definition) is 0. The summed E-state index contributed by atoms with van der Waals surface area (Å²) in [6, 6.07) is 115. The van der Waals surface area contributed by atoms with Crippen molar-refractivity contribution in [3.05, 3.63) is 328 Å². The van der Waals surface area contributed by atoms with Crippen LogP contribution in [0.15, 0.2) is 337 Å². The Morgan fingerprint density at radius 2 is 0.490 bits per heavy atom. The molecule has 0 fully saturated rings. The van der Waals surface area contributed by atoms with Gasteiger partial charge in [0.25, 0.3) is 0 Å². The number of pyridine rings is 2. The summed E-state index contributed by atoms with van der Waals surface area (Å²) in [7, 11) is 0. The van der Waals surface area contributed by atoms with E-state index in [9.17, 15) is 0 Å². The van der Waals surface area contributed by atoms with E-state index in [-0.39, 0.29) is 0 Å². The molecular formula is C92H54N2O2. The molecule has 444 valence electrons. The summed E-state index contributed by atoms with van der Waals surface area (Å²) in [5.74, 6) is 0. The van der Waals surface area contributed by atoms with Gasteiger partial charge in [0.1, 0.15) is 22.6 Å². The Labute approximate surface area is 551 Å². The van der Waals surface area contributed by atoms with Crippen LogP contribution >= 0.6 is 0 Å². The molecule has 0 unspecified atom stereocenters. The van der Waals surface area contributed by atoms with Gasteiger partial charge in [-0.25, -0.2) is 0 Å². The first-order valence-corrected chi connectivity index (χ1v) is 32.8. The van der Waals surface area contributed by atoms with E-state index in [0.717, 1.165) is 110 Å². The van der Waals surface area contributed by atoms with Gasteiger partial charge in [-0.05, 0) is 209 Å². The molecule has 4 heterocycles. The third kappa shape index (κ3) is 8.56. The van der Waals surface area contributed by atoms with E-state index < -0.39 is 0 Å². The Bertz CT molecular complexity index is 6630. The maximum absolute atomic E-state index is 6.58. The third-order valence-electron chi connectivity index (χ3n) is 20.1. The zero-order chi connectivity index (χ0) is 63.0. The number of fused-ring (bicyclic) bond motifs is 13. The van der Waals surface area contributed by atoms with Crippen LogP contribution in [0.5, 0.6) is 0 Å². The minimum absolute atomic E-state index is 0.796. The molecular weight excluding hydrogens is 1170 g/mol. The Balaban J connectivity index is 0.687. The van der Waals surface area contributed by atoms with Gasteiger partial charge < -0.3 is 8.83 Å². The number of hydrogen-bond acceptors (Lipinski definition) is 4. The summed E-state index contributed by atoms with van der Waals surface area (Å²) in [6.45, 7) is 0. The lowest BCUT2D eigenvalue weighted by Gasteiger charge is -2.19. The molecule has 0 atom stereocenters. The van der Waals surface area contributed by atoms with Crippen LogP contribution in [0.4, 0.5) is 0 Å². The molecule has 0 bridgehead atoms. The lowest BCUT2D eigenvalue weighted by Crippen LogP contribution is -1.93. The van der Waals surface area contributed by atoms with Gasteiger partial charge in [0.05, 0.1) is 0 Å². The predicted molar refractivity (Wildman–Crippen MR) is 403 cm³/mol. The minimum Gasteiger partial charge on any atom is -0.454 e. The smallest absolute Gasteiger partial charge is 0.161 e. The molecule has 0 saturated carbocycles. The van der Waals surface area contributed by atoms with Crippen molar-refractivity contribution in [2.45, 2.75) is 0 Å². The van der Waals surface area contributed by atoms with Gasteiger partial charge in [-0.2, -0.15) is 0 Å². The largest absolute Gasteiger partial charge is 0.454 e. The van der Waals surface area contributed by atoms with Crippen LogP contribution < -0.4 is 0 Å². The van der Waals surface area contributed by atoms with Crippen LogP contribution in [0.2, 0.25) is 0 Å². The number of furan rings is 2. The highest BCUT2D eigenvalue weighted by Gasteiger charge is 2.23. The second-order valence-electron chi connectivity index (χ2n) is 25.4. The average molecular weight is 1220 g/mol. The first-order chi connectivity index (χ1) is 47.6. The fourth-order valence-electron chi connectivity index (χ4n) is 15.6. The quantitative estimate of drug-likeness (QED) is 0.142. The van der Waals surface area contributed by atoms with Gasteiger partial charge in [-0.3, -0.25) is 9.97 Å². The van der Waals surface area contributed by atoms with Gasteiger partial charge in [0.15, 0.2) is 11.2 Å². The normalized spacial score (nSPS) is 12.0. The zero-order valence-electron chi connectivity index (χ0n) is 51.9. The van der Waals surface area contributed by atoms with Gasteiger partial charge in [-0.15, -0.1) is 0 Å². The molecule has 0 amide bonds. The van der Waals surface area contributed by atoms with Crippen LogP contribution in [-0.2, 0) is 0 Å². The molecule has 0 spiro atoms. The molecule has 0 aliphatic heterocycles. The molecule has 0 saturated heterocycles. The Morgan fingerprint density at radius 3 is 1.05 bits per heavy atom. The lowest BCUT2D eigenvalue weighted by molar-refractivity contribution is 0.668. The predicted octanol–water partition coefficient (Wildman–Crippen LogP) is 25.7. The van der Waals surface area contributed by atoms with E-state index in [1.54, 1.807) is 0 Å². The van der Waals surface area contributed by atoms with E-state index in [0.29, 0.717) is 0 Å². The monoisotopic (exact) mass is 1220 g/mol. The van der Waals surface area contributed by atoms with Crippen LogP contribution in [0, 0.1) is 0 Å². The van der Waals surface area contributed by atoms with Crippen LogP contribution in [0.3, 0.4) is 0 Å². The van der Waals surface area contributed by atoms with Gasteiger partial charge >= 0.3 is 0 Å². The van der Waals surface area contributed by atoms with Crippen molar-refractivity contribution in [3.63, 3.8) is 0 Å². The number of aromatic nitrogens is 2. The number of benzene rings is 16. The first-order valence-electron chi connectivity index (χ1n) is 32.8. The SMILES string of the molecule is c1ccc(-c2c3ccccc3c(-c3ccc(-c4ccc5cc(-c6c7ccccc7c(-c7ccc8ccccc8c7)c7cc(-c8ccc9cc(-c%10nccc%11c%10oc%10ccccc%10%11)ccc9c8)ccc67)ccc5c4)cc3)c3cc(-c4nccc5c4oc4ccccc45)ccc23)cc1. The van der Waals surface area contributed by atoms with Crippen molar-refractivity contribution in [1.29, 1.82) is 0 Å². The summed E-state index contributed by atoms with van der Waals surface area (Å²) in [6.07, 6.45) is 3.79. The van der Waals surface area contributed by atoms with E-state index in [2.05, 4.69) is 285 Å². The Kier molecular flexibility index (Phi) is 12.0. The van der Waals surface area contributed by atoms with Gasteiger partial charge in [0.2, 0.25) is 0 Å². The number of rotatable bonds is 8. The van der Waals surface area contributed by atoms with Crippen molar-refractivity contribution in [2.75, 3.05) is 0 Å². The maximum atomic E-state index is 6.58. The van der Waals surface area contributed by atoms with Crippen LogP contribution in [0.1, 0.15) is 0 Å². The molecule has 0 aliphatic carbocycles. The lowest BCUT2D eigenvalue weighted by atomic mass is 9.84. The summed E-state index contributed by atoms with van der Waals surface area (Å²) in [5, 5.41) is 21.0. The third-order valence-corrected chi connectivity index (χ3v) is 20.1. The van der Waals surface area contributed by atoms with Crippen molar-refractivity contribution in [3.8, 4) is 89.3 Å². The topological polar surface area (TPSA) is 52.1 Å². The highest BCUT2D eigenvalue weighted by atomic mass is 16.3. The second kappa shape index (κ2) is 21.4. The molecule has 0 radical (unpaired) electrons. The van der Waals surface area contributed by atoms with E-state index >= 15 is 0 Å². The number of para-hydroxylation sites is 2. The standard InChI is InChI=1S/C92H54N2O2/c1-2-15-57(16-3-1)85-73-20-6-7-21-74(73)86(82-54-70(41-43-77(82)85)90-92-80(45-47-94-90)72-19-11-13-25-84(72)96-92)58-29-26-56(27-30-58)60-31-32-64-51-67(38-35-61(64)48-60)87-75-22-8-9-23-76(75)88(68-37-28-55-14-4-5-17-59(55)50-68)81-53-66(40-42-78(81)87)63-33-34-65-52-69(39-36-62(65)49-63)89-91-79(44-46-93-89)71-18-10-12-24-83(71)95-91/h1-54H. The van der Waals surface area contributed by atoms with Gasteiger partial charge in [-0.1, -0.05) is 249 Å². The van der Waals surface area contributed by atoms with Crippen molar-refractivity contribution in [1.82, 2.24) is 9.97 Å². The molecule has 4 aromatic heterocycles. The summed E-state index contributed by atoms with van der Waals surface area (Å²) < 4.78 is 13.0. The van der Waals surface area contributed by atoms with Crippen molar-refractivity contribution in [2.24, 2.45) is 0 Å². The van der Waals surface area contributed by atoms with Crippen LogP contribution in [0.25, 0.3) is 209 Å². The Hall–Kier alpha value is -12.8. The first kappa shape index (κ1) is 53.9. The summed E-state index contributed by atoms with van der Waals surface area (Å²) in [4.78, 5) is 9.85. The highest BCUT2D eigenvalue weighted by Crippen LogP contribution is 2.49. The van der Waals surface area contributed by atoms with Crippen molar-refractivity contribution >= 4 is 119 Å². The molecule has 20 aromatic rings. The molecule has 16 aromatic carbocycles. The number of nitrogens with zero attached hydrogens (tertiary/aromatic N) is 2. The molecule has 20 rings (SSSR count). The highest BCUT2D eigenvalue weighted by molar-refractivity contribution is 6.24. The fraction of sp³-hybridized carbons (Fsp3) is 0. The van der Waals surface area contributed by atoms with E-state index in [1.165, 1.54) is 98.2 Å². The zero-order valence-corrected chi connectivity index (χ0v) is 51.9. The average Bonchev–Trinajstić information content (AvgIpc) is 0.944.